The van der Waals surface area contributed by atoms with Gasteiger partial charge in [-0.3, -0.25) is 0 Å². The Kier molecular flexibility index (Phi) is 4.10. The van der Waals surface area contributed by atoms with Gasteiger partial charge in [-0.05, 0) is 44.0 Å². The van der Waals surface area contributed by atoms with Gasteiger partial charge in [0, 0.05) is 21.1 Å². The van der Waals surface area contributed by atoms with E-state index in [1.165, 1.54) is 17.5 Å². The van der Waals surface area contributed by atoms with Gasteiger partial charge in [0.15, 0.2) is 0 Å². The maximum Gasteiger partial charge on any atom is 0.129 e. The first-order valence-corrected chi connectivity index (χ1v) is 7.31. The lowest BCUT2D eigenvalue weighted by Gasteiger charge is -2.11. The number of aliphatic hydroxyl groups is 1. The van der Waals surface area contributed by atoms with Crippen molar-refractivity contribution in [1.82, 2.24) is 4.98 Å². The van der Waals surface area contributed by atoms with E-state index in [0.29, 0.717) is 10.6 Å². The minimum atomic E-state index is -0.825. The zero-order chi connectivity index (χ0) is 12.6. The zero-order valence-electron chi connectivity index (χ0n) is 8.32. The van der Waals surface area contributed by atoms with Gasteiger partial charge in [-0.25, -0.2) is 4.98 Å². The molecular formula is C10H7Br2ClN2OS. The van der Waals surface area contributed by atoms with E-state index in [0.717, 1.165) is 13.1 Å². The molecule has 90 valence electrons. The summed E-state index contributed by atoms with van der Waals surface area (Å²) in [6.45, 7) is 0. The summed E-state index contributed by atoms with van der Waals surface area (Å²) >= 11 is 14.0. The first-order chi connectivity index (χ1) is 7.99. The average Bonchev–Trinajstić information content (AvgIpc) is 2.62. The highest BCUT2D eigenvalue weighted by atomic mass is 79.9. The normalized spacial score (nSPS) is 12.7. The number of anilines is 1. The molecule has 0 saturated carbocycles. The fraction of sp³-hybridized carbons (Fsp3) is 0.100. The second kappa shape index (κ2) is 5.24. The Hall–Kier alpha value is -0.140. The van der Waals surface area contributed by atoms with Crippen LogP contribution in [0.25, 0.3) is 0 Å². The van der Waals surface area contributed by atoms with Gasteiger partial charge in [0.05, 0.1) is 8.81 Å². The number of rotatable bonds is 2. The van der Waals surface area contributed by atoms with Gasteiger partial charge < -0.3 is 10.8 Å². The van der Waals surface area contributed by atoms with E-state index in [1.807, 2.05) is 6.07 Å². The molecule has 2 rings (SSSR count). The van der Waals surface area contributed by atoms with E-state index in [4.69, 9.17) is 17.3 Å². The molecule has 3 nitrogen and oxygen atoms in total. The van der Waals surface area contributed by atoms with Crippen LogP contribution in [0.15, 0.2) is 26.6 Å². The number of pyridine rings is 1. The van der Waals surface area contributed by atoms with Crippen molar-refractivity contribution in [2.75, 3.05) is 5.73 Å². The number of thiophene rings is 1. The third-order valence-electron chi connectivity index (χ3n) is 2.14. The van der Waals surface area contributed by atoms with Crippen LogP contribution < -0.4 is 5.73 Å². The van der Waals surface area contributed by atoms with Gasteiger partial charge in [-0.2, -0.15) is 0 Å². The first-order valence-electron chi connectivity index (χ1n) is 4.52. The molecule has 3 N–H and O–H groups in total. The van der Waals surface area contributed by atoms with Crippen molar-refractivity contribution in [2.45, 2.75) is 6.10 Å². The van der Waals surface area contributed by atoms with Gasteiger partial charge in [0.2, 0.25) is 0 Å². The Morgan fingerprint density at radius 3 is 2.71 bits per heavy atom. The molecule has 0 radical (unpaired) electrons. The number of nitrogens with zero attached hydrogens (tertiary/aromatic N) is 1. The Labute approximate surface area is 124 Å². The van der Waals surface area contributed by atoms with Gasteiger partial charge in [-0.15, -0.1) is 11.3 Å². The van der Waals surface area contributed by atoms with Gasteiger partial charge in [0.1, 0.15) is 11.9 Å². The minimum absolute atomic E-state index is 0.280. The highest BCUT2D eigenvalue weighted by molar-refractivity contribution is 9.13. The quantitative estimate of drug-likeness (QED) is 0.804. The molecule has 0 saturated heterocycles. The third-order valence-corrected chi connectivity index (χ3v) is 5.66. The highest BCUT2D eigenvalue weighted by Crippen LogP contribution is 2.38. The lowest BCUT2D eigenvalue weighted by Crippen LogP contribution is -2.04. The number of hydrogen-bond donors (Lipinski definition) is 2. The van der Waals surface area contributed by atoms with E-state index in [2.05, 4.69) is 36.8 Å². The van der Waals surface area contributed by atoms with Gasteiger partial charge >= 0.3 is 0 Å². The van der Waals surface area contributed by atoms with E-state index in [1.54, 1.807) is 6.07 Å². The summed E-state index contributed by atoms with van der Waals surface area (Å²) in [5.41, 5.74) is 6.24. The predicted octanol–water partition coefficient (Wildman–Crippen LogP) is 3.99. The maximum absolute atomic E-state index is 10.2. The van der Waals surface area contributed by atoms with Crippen LogP contribution in [0.2, 0.25) is 5.02 Å². The van der Waals surface area contributed by atoms with Crippen LogP contribution in [0.5, 0.6) is 0 Å². The molecule has 17 heavy (non-hydrogen) atoms. The number of nitrogen functional groups attached to an aromatic ring is 1. The fourth-order valence-corrected chi connectivity index (χ4v) is 3.60. The van der Waals surface area contributed by atoms with E-state index >= 15 is 0 Å². The van der Waals surface area contributed by atoms with Crippen molar-refractivity contribution in [3.63, 3.8) is 0 Å². The summed E-state index contributed by atoms with van der Waals surface area (Å²) in [4.78, 5) is 4.68. The smallest absolute Gasteiger partial charge is 0.129 e. The fourth-order valence-electron chi connectivity index (χ4n) is 1.34. The Bertz CT molecular complexity index is 542. The van der Waals surface area contributed by atoms with Crippen LogP contribution in [-0.2, 0) is 0 Å². The lowest BCUT2D eigenvalue weighted by atomic mass is 10.1. The molecule has 0 spiro atoms. The molecule has 0 aliphatic heterocycles. The molecule has 7 heteroatoms. The SMILES string of the molecule is Nc1ncc(Cl)cc1C(O)c1cc(Br)c(Br)s1. The maximum atomic E-state index is 10.2. The Morgan fingerprint density at radius 1 is 1.41 bits per heavy atom. The van der Waals surface area contributed by atoms with Crippen LogP contribution >= 0.6 is 54.8 Å². The second-order valence-corrected chi connectivity index (χ2v) is 6.99. The minimum Gasteiger partial charge on any atom is -0.383 e. The van der Waals surface area contributed by atoms with Crippen LogP contribution in [0.3, 0.4) is 0 Å². The van der Waals surface area contributed by atoms with E-state index in [-0.39, 0.29) is 5.82 Å². The van der Waals surface area contributed by atoms with Crippen molar-refractivity contribution >= 4 is 60.6 Å². The van der Waals surface area contributed by atoms with Crippen molar-refractivity contribution in [3.8, 4) is 0 Å². The van der Waals surface area contributed by atoms with Crippen LogP contribution in [0.4, 0.5) is 5.82 Å². The van der Waals surface area contributed by atoms with Gasteiger partial charge in [-0.1, -0.05) is 11.6 Å². The monoisotopic (exact) mass is 396 g/mol. The van der Waals surface area contributed by atoms with Crippen LogP contribution in [-0.4, -0.2) is 10.1 Å². The topological polar surface area (TPSA) is 59.1 Å². The molecule has 1 unspecified atom stereocenters. The van der Waals surface area contributed by atoms with Gasteiger partial charge in [0.25, 0.3) is 0 Å². The molecule has 0 aromatic carbocycles. The summed E-state index contributed by atoms with van der Waals surface area (Å²) in [5.74, 6) is 0.280. The number of aromatic nitrogens is 1. The van der Waals surface area contributed by atoms with Crippen LogP contribution in [0.1, 0.15) is 16.5 Å². The summed E-state index contributed by atoms with van der Waals surface area (Å²) in [7, 11) is 0. The zero-order valence-corrected chi connectivity index (χ0v) is 13.1. The molecule has 0 bridgehead atoms. The molecule has 0 aliphatic carbocycles. The molecule has 0 aliphatic rings. The summed E-state index contributed by atoms with van der Waals surface area (Å²) in [6.07, 6.45) is 0.627. The van der Waals surface area contributed by atoms with Crippen molar-refractivity contribution < 1.29 is 5.11 Å². The molecule has 2 aromatic rings. The number of nitrogens with two attached hydrogens (primary N) is 1. The van der Waals surface area contributed by atoms with Crippen molar-refractivity contribution in [2.24, 2.45) is 0 Å². The highest BCUT2D eigenvalue weighted by Gasteiger charge is 2.18. The number of halogens is 3. The van der Waals surface area contributed by atoms with Crippen molar-refractivity contribution in [1.29, 1.82) is 0 Å². The molecular weight excluding hydrogens is 391 g/mol. The Morgan fingerprint density at radius 2 is 2.12 bits per heavy atom. The number of aliphatic hydroxyl groups excluding tert-OH is 1. The summed E-state index contributed by atoms with van der Waals surface area (Å²) in [5, 5.41) is 10.7. The largest absolute Gasteiger partial charge is 0.383 e. The predicted molar refractivity (Wildman–Crippen MR) is 77.4 cm³/mol. The van der Waals surface area contributed by atoms with Crippen LogP contribution in [0, 0.1) is 0 Å². The molecule has 1 atom stereocenters. The summed E-state index contributed by atoms with van der Waals surface area (Å²) in [6, 6.07) is 3.45. The molecule has 2 aromatic heterocycles. The summed E-state index contributed by atoms with van der Waals surface area (Å²) < 4.78 is 1.81. The van der Waals surface area contributed by atoms with Crippen molar-refractivity contribution in [3.05, 3.63) is 42.1 Å². The second-order valence-electron chi connectivity index (χ2n) is 3.30. The standard InChI is InChI=1S/C10H7Br2ClN2OS/c11-6-2-7(17-9(6)12)8(16)5-1-4(13)3-15-10(5)14/h1-3,8,16H,(H2,14,15). The van der Waals surface area contributed by atoms with E-state index in [9.17, 15) is 5.11 Å². The molecule has 2 heterocycles. The Balaban J connectivity index is 2.42. The first kappa shape index (κ1) is 13.3. The molecule has 0 fully saturated rings. The number of hydrogen-bond acceptors (Lipinski definition) is 4. The average molecular weight is 399 g/mol. The third kappa shape index (κ3) is 2.82. The van der Waals surface area contributed by atoms with E-state index < -0.39 is 6.10 Å². The molecule has 0 amide bonds. The lowest BCUT2D eigenvalue weighted by molar-refractivity contribution is 0.224.